The monoisotopic (exact) mass is 439 g/mol. The predicted molar refractivity (Wildman–Crippen MR) is 118 cm³/mol. The van der Waals surface area contributed by atoms with Crippen LogP contribution in [0.1, 0.15) is 17.3 Å². The summed E-state index contributed by atoms with van der Waals surface area (Å²) in [5.41, 5.74) is 1.48. The molecule has 0 aliphatic rings. The Hall–Kier alpha value is -3.69. The van der Waals surface area contributed by atoms with Crippen LogP contribution in [0.25, 0.3) is 0 Å². The van der Waals surface area contributed by atoms with E-state index < -0.39 is 10.1 Å². The molecule has 1 amide bonds. The number of carbonyl (C=O) groups is 1. The first kappa shape index (κ1) is 22.0. The topological polar surface area (TPSA) is 117 Å². The molecule has 3 N–H and O–H groups in total. The molecule has 0 saturated heterocycles. The van der Waals surface area contributed by atoms with E-state index in [-0.39, 0.29) is 16.8 Å². The minimum Gasteiger partial charge on any atom is -0.494 e. The van der Waals surface area contributed by atoms with Crippen LogP contribution in [0.15, 0.2) is 88.8 Å². The maximum atomic E-state index is 12.6. The van der Waals surface area contributed by atoms with E-state index in [1.807, 2.05) is 6.92 Å². The van der Waals surface area contributed by atoms with Crippen LogP contribution in [0.3, 0.4) is 0 Å². The lowest BCUT2D eigenvalue weighted by Crippen LogP contribution is -2.35. The molecule has 31 heavy (non-hydrogen) atoms. The minimum absolute atomic E-state index is 0.137. The van der Waals surface area contributed by atoms with E-state index in [1.165, 1.54) is 24.3 Å². The number of hydrogen-bond acceptors (Lipinski definition) is 5. The minimum atomic E-state index is -4.31. The van der Waals surface area contributed by atoms with Crippen LogP contribution in [-0.2, 0) is 10.1 Å². The van der Waals surface area contributed by atoms with Gasteiger partial charge in [0.25, 0.3) is 16.0 Å². The third-order valence-electron chi connectivity index (χ3n) is 4.07. The number of anilines is 1. The largest absolute Gasteiger partial charge is 0.494 e. The smallest absolute Gasteiger partial charge is 0.294 e. The molecule has 8 nitrogen and oxygen atoms in total. The van der Waals surface area contributed by atoms with Crippen molar-refractivity contribution >= 4 is 33.4 Å². The molecule has 0 spiro atoms. The van der Waals surface area contributed by atoms with Gasteiger partial charge in [-0.25, -0.2) is 4.99 Å². The molecular weight excluding hydrogens is 418 g/mol. The van der Waals surface area contributed by atoms with E-state index in [4.69, 9.17) is 9.29 Å². The molecule has 0 aliphatic heterocycles. The number of nitrogens with zero attached hydrogens (tertiary/aromatic N) is 1. The number of nitrogens with one attached hydrogen (secondary N) is 2. The van der Waals surface area contributed by atoms with Crippen LogP contribution in [0.5, 0.6) is 5.75 Å². The lowest BCUT2D eigenvalue weighted by Gasteiger charge is -2.12. The Balaban J connectivity index is 1.87. The van der Waals surface area contributed by atoms with Crippen LogP contribution >= 0.6 is 0 Å². The van der Waals surface area contributed by atoms with Gasteiger partial charge >= 0.3 is 0 Å². The molecular formula is C22H21N3O5S. The molecule has 160 valence electrons. The second-order valence-electron chi connectivity index (χ2n) is 6.33. The summed E-state index contributed by atoms with van der Waals surface area (Å²) in [6.07, 6.45) is 0. The van der Waals surface area contributed by atoms with Gasteiger partial charge < -0.3 is 10.1 Å². The van der Waals surface area contributed by atoms with E-state index in [0.29, 0.717) is 29.3 Å². The summed E-state index contributed by atoms with van der Waals surface area (Å²) in [6, 6.07) is 21.0. The summed E-state index contributed by atoms with van der Waals surface area (Å²) in [6.45, 7) is 2.44. The first-order chi connectivity index (χ1) is 14.8. The number of hydrogen-bond donors (Lipinski definition) is 3. The second kappa shape index (κ2) is 9.88. The maximum absolute atomic E-state index is 12.6. The fraction of sp³-hybridized carbons (Fsp3) is 0.0909. The number of carbonyl (C=O) groups excluding carboxylic acids is 1. The zero-order valence-corrected chi connectivity index (χ0v) is 17.5. The second-order valence-corrected chi connectivity index (χ2v) is 7.75. The molecule has 0 unspecified atom stereocenters. The molecule has 0 radical (unpaired) electrons. The zero-order valence-electron chi connectivity index (χ0n) is 16.6. The van der Waals surface area contributed by atoms with Crippen molar-refractivity contribution in [3.63, 3.8) is 0 Å². The summed E-state index contributed by atoms with van der Waals surface area (Å²) >= 11 is 0. The summed E-state index contributed by atoms with van der Waals surface area (Å²) in [4.78, 5) is 16.7. The summed E-state index contributed by atoms with van der Waals surface area (Å²) in [5, 5.41) is 5.75. The van der Waals surface area contributed by atoms with E-state index in [9.17, 15) is 13.2 Å². The molecule has 0 bridgehead atoms. The Morgan fingerprint density at radius 1 is 0.968 bits per heavy atom. The van der Waals surface area contributed by atoms with Crippen LogP contribution in [0.2, 0.25) is 0 Å². The fourth-order valence-electron chi connectivity index (χ4n) is 2.62. The SMILES string of the molecule is CCOc1ccc(NC(=Nc2ccc(S(=O)(=O)O)cc2)NC(=O)c2ccccc2)cc1. The Morgan fingerprint density at radius 2 is 1.61 bits per heavy atom. The van der Waals surface area contributed by atoms with Crippen molar-refractivity contribution < 1.29 is 22.5 Å². The number of aliphatic imine (C=N–C) groups is 1. The number of ether oxygens (including phenoxy) is 1. The van der Waals surface area contributed by atoms with Gasteiger partial charge in [-0.3, -0.25) is 14.7 Å². The van der Waals surface area contributed by atoms with E-state index in [2.05, 4.69) is 15.6 Å². The Morgan fingerprint density at radius 3 is 2.19 bits per heavy atom. The molecule has 3 rings (SSSR count). The molecule has 0 aromatic heterocycles. The molecule has 9 heteroatoms. The normalized spacial score (nSPS) is 11.6. The van der Waals surface area contributed by atoms with Crippen molar-refractivity contribution in [2.45, 2.75) is 11.8 Å². The van der Waals surface area contributed by atoms with E-state index in [0.717, 1.165) is 0 Å². The fourth-order valence-corrected chi connectivity index (χ4v) is 3.10. The van der Waals surface area contributed by atoms with Crippen LogP contribution in [0.4, 0.5) is 11.4 Å². The summed E-state index contributed by atoms with van der Waals surface area (Å²) in [7, 11) is -4.31. The quantitative estimate of drug-likeness (QED) is 0.305. The van der Waals surface area contributed by atoms with Gasteiger partial charge in [0.15, 0.2) is 0 Å². The Kier molecular flexibility index (Phi) is 7.01. The third-order valence-corrected chi connectivity index (χ3v) is 4.94. The highest BCUT2D eigenvalue weighted by molar-refractivity contribution is 7.85. The number of guanidine groups is 1. The van der Waals surface area contributed by atoms with E-state index in [1.54, 1.807) is 54.6 Å². The van der Waals surface area contributed by atoms with Crippen molar-refractivity contribution in [2.75, 3.05) is 11.9 Å². The van der Waals surface area contributed by atoms with E-state index >= 15 is 0 Å². The van der Waals surface area contributed by atoms with Crippen LogP contribution in [0, 0.1) is 0 Å². The third kappa shape index (κ3) is 6.39. The molecule has 0 fully saturated rings. The van der Waals surface area contributed by atoms with Gasteiger partial charge in [0.1, 0.15) is 5.75 Å². The summed E-state index contributed by atoms with van der Waals surface area (Å²) < 4.78 is 37.0. The molecule has 0 atom stereocenters. The van der Waals surface area contributed by atoms with Gasteiger partial charge in [-0.2, -0.15) is 8.42 Å². The molecule has 3 aromatic carbocycles. The van der Waals surface area contributed by atoms with Crippen molar-refractivity contribution in [3.8, 4) is 5.75 Å². The first-order valence-electron chi connectivity index (χ1n) is 9.37. The number of benzene rings is 3. The highest BCUT2D eigenvalue weighted by Gasteiger charge is 2.11. The van der Waals surface area contributed by atoms with Crippen LogP contribution in [-0.4, -0.2) is 31.4 Å². The van der Waals surface area contributed by atoms with Gasteiger partial charge in [0.2, 0.25) is 5.96 Å². The number of amides is 1. The standard InChI is InChI=1S/C22H21N3O5S/c1-2-30-19-12-8-17(9-13-19)23-22(25-21(26)16-6-4-3-5-7-16)24-18-10-14-20(15-11-18)31(27,28)29/h3-15H,2H2,1H3,(H,27,28,29)(H2,23,24,25,26). The lowest BCUT2D eigenvalue weighted by molar-refractivity contribution is 0.0977. The van der Waals surface area contributed by atoms with Gasteiger partial charge in [-0.15, -0.1) is 0 Å². The molecule has 0 saturated carbocycles. The average Bonchev–Trinajstić information content (AvgIpc) is 2.75. The Bertz CT molecular complexity index is 1160. The van der Waals surface area contributed by atoms with Crippen molar-refractivity contribution in [1.29, 1.82) is 0 Å². The van der Waals surface area contributed by atoms with Crippen molar-refractivity contribution in [1.82, 2.24) is 5.32 Å². The van der Waals surface area contributed by atoms with Crippen LogP contribution < -0.4 is 15.4 Å². The first-order valence-corrected chi connectivity index (χ1v) is 10.8. The number of rotatable bonds is 6. The Labute approximate surface area is 180 Å². The van der Waals surface area contributed by atoms with Gasteiger partial charge in [0, 0.05) is 11.3 Å². The highest BCUT2D eigenvalue weighted by atomic mass is 32.2. The van der Waals surface area contributed by atoms with Crippen molar-refractivity contribution in [3.05, 3.63) is 84.4 Å². The lowest BCUT2D eigenvalue weighted by atomic mass is 10.2. The maximum Gasteiger partial charge on any atom is 0.294 e. The summed E-state index contributed by atoms with van der Waals surface area (Å²) in [5.74, 6) is 0.477. The zero-order chi connectivity index (χ0) is 22.3. The average molecular weight is 439 g/mol. The van der Waals surface area contributed by atoms with Gasteiger partial charge in [-0.05, 0) is 67.6 Å². The molecule has 0 aliphatic carbocycles. The highest BCUT2D eigenvalue weighted by Crippen LogP contribution is 2.18. The molecule has 3 aromatic rings. The van der Waals surface area contributed by atoms with Gasteiger partial charge in [0.05, 0.1) is 17.2 Å². The van der Waals surface area contributed by atoms with Crippen molar-refractivity contribution in [2.24, 2.45) is 4.99 Å². The predicted octanol–water partition coefficient (Wildman–Crippen LogP) is 3.86. The van der Waals surface area contributed by atoms with Gasteiger partial charge in [-0.1, -0.05) is 18.2 Å². The molecule has 0 heterocycles.